The maximum atomic E-state index is 3.70. The second-order valence-corrected chi connectivity index (χ2v) is 7.34. The molecule has 0 radical (unpaired) electrons. The Morgan fingerprint density at radius 3 is 2.74 bits per heavy atom. The summed E-state index contributed by atoms with van der Waals surface area (Å²) in [7, 11) is 0. The van der Waals surface area contributed by atoms with Gasteiger partial charge in [0, 0.05) is 34.1 Å². The van der Waals surface area contributed by atoms with Crippen LogP contribution in [0.1, 0.15) is 27.2 Å². The number of nitrogens with zero attached hydrogens (tertiary/aromatic N) is 1. The van der Waals surface area contributed by atoms with Crippen molar-refractivity contribution < 1.29 is 0 Å². The van der Waals surface area contributed by atoms with Crippen LogP contribution in [0.4, 0.5) is 5.69 Å². The van der Waals surface area contributed by atoms with E-state index in [9.17, 15) is 0 Å². The molecule has 2 unspecified atom stereocenters. The van der Waals surface area contributed by atoms with E-state index in [0.29, 0.717) is 18.0 Å². The van der Waals surface area contributed by atoms with Gasteiger partial charge in [-0.15, -0.1) is 0 Å². The number of benzene rings is 1. The van der Waals surface area contributed by atoms with Crippen LogP contribution in [0.25, 0.3) is 0 Å². The van der Waals surface area contributed by atoms with Gasteiger partial charge < -0.3 is 10.2 Å². The number of hydrogen-bond acceptors (Lipinski definition) is 2. The lowest BCUT2D eigenvalue weighted by Crippen LogP contribution is -2.58. The first kappa shape index (κ1) is 15.3. The van der Waals surface area contributed by atoms with Crippen molar-refractivity contribution in [3.05, 3.63) is 27.1 Å². The van der Waals surface area contributed by atoms with Gasteiger partial charge in [0.25, 0.3) is 0 Å². The maximum Gasteiger partial charge on any atom is 0.0525 e. The predicted octanol–water partition coefficient (Wildman–Crippen LogP) is 4.42. The molecule has 19 heavy (non-hydrogen) atoms. The molecule has 1 aliphatic heterocycles. The molecule has 0 aliphatic carbocycles. The van der Waals surface area contributed by atoms with E-state index in [-0.39, 0.29) is 0 Å². The van der Waals surface area contributed by atoms with E-state index in [4.69, 9.17) is 0 Å². The highest BCUT2D eigenvalue weighted by Crippen LogP contribution is 2.33. The van der Waals surface area contributed by atoms with Crippen molar-refractivity contribution in [1.82, 2.24) is 5.32 Å². The monoisotopic (exact) mass is 388 g/mol. The molecule has 0 aromatic heterocycles. The lowest BCUT2D eigenvalue weighted by atomic mass is 9.97. The minimum atomic E-state index is 0.549. The summed E-state index contributed by atoms with van der Waals surface area (Å²) in [4.78, 5) is 2.56. The molecule has 0 bridgehead atoms. The van der Waals surface area contributed by atoms with Crippen LogP contribution in [0, 0.1) is 5.92 Å². The Labute approximate surface area is 133 Å². The van der Waals surface area contributed by atoms with Crippen LogP contribution in [-0.2, 0) is 0 Å². The van der Waals surface area contributed by atoms with Crippen molar-refractivity contribution in [2.75, 3.05) is 18.0 Å². The average Bonchev–Trinajstić information content (AvgIpc) is 2.40. The smallest absolute Gasteiger partial charge is 0.0525 e. The normalized spacial score (nSPS) is 24.0. The highest BCUT2D eigenvalue weighted by atomic mass is 79.9. The maximum absolute atomic E-state index is 3.70. The summed E-state index contributed by atoms with van der Waals surface area (Å²) in [5.41, 5.74) is 1.30. The number of hydrogen-bond donors (Lipinski definition) is 1. The lowest BCUT2D eigenvalue weighted by molar-refractivity contribution is 0.333. The van der Waals surface area contributed by atoms with Crippen LogP contribution >= 0.6 is 31.9 Å². The Hall–Kier alpha value is -0.0600. The summed E-state index contributed by atoms with van der Waals surface area (Å²) >= 11 is 7.29. The SMILES string of the molecule is CCC1CN(c2cc(Br)ccc2Br)C(C(C)C)CN1. The van der Waals surface area contributed by atoms with Gasteiger partial charge in [-0.3, -0.25) is 0 Å². The van der Waals surface area contributed by atoms with E-state index in [0.717, 1.165) is 17.6 Å². The van der Waals surface area contributed by atoms with Crippen LogP contribution in [0.5, 0.6) is 0 Å². The van der Waals surface area contributed by atoms with Crippen molar-refractivity contribution in [2.45, 2.75) is 39.3 Å². The Kier molecular flexibility index (Phi) is 5.32. The Morgan fingerprint density at radius 2 is 2.11 bits per heavy atom. The molecule has 4 heteroatoms. The minimum Gasteiger partial charge on any atom is -0.365 e. The number of rotatable bonds is 3. The Bertz CT molecular complexity index is 434. The molecule has 2 nitrogen and oxygen atoms in total. The van der Waals surface area contributed by atoms with Gasteiger partial charge in [0.05, 0.1) is 5.69 Å². The first-order valence-electron chi connectivity index (χ1n) is 6.98. The van der Waals surface area contributed by atoms with E-state index in [1.165, 1.54) is 16.6 Å². The third-order valence-corrected chi connectivity index (χ3v) is 5.08. The van der Waals surface area contributed by atoms with E-state index in [1.54, 1.807) is 0 Å². The molecular weight excluding hydrogens is 368 g/mol. The van der Waals surface area contributed by atoms with E-state index < -0.39 is 0 Å². The van der Waals surface area contributed by atoms with Crippen molar-refractivity contribution in [1.29, 1.82) is 0 Å². The largest absolute Gasteiger partial charge is 0.365 e. The topological polar surface area (TPSA) is 15.3 Å². The molecule has 1 heterocycles. The van der Waals surface area contributed by atoms with Crippen LogP contribution < -0.4 is 10.2 Å². The molecule has 0 amide bonds. The number of piperazine rings is 1. The Morgan fingerprint density at radius 1 is 1.37 bits per heavy atom. The molecule has 2 atom stereocenters. The molecule has 0 saturated carbocycles. The molecule has 1 aliphatic rings. The van der Waals surface area contributed by atoms with E-state index >= 15 is 0 Å². The summed E-state index contributed by atoms with van der Waals surface area (Å²) in [6, 6.07) is 7.56. The summed E-state index contributed by atoms with van der Waals surface area (Å²) in [6.45, 7) is 9.00. The average molecular weight is 390 g/mol. The second kappa shape index (κ2) is 6.59. The molecular formula is C15H22Br2N2. The zero-order valence-corrected chi connectivity index (χ0v) is 15.0. The molecule has 1 fully saturated rings. The quantitative estimate of drug-likeness (QED) is 0.822. The molecule has 2 rings (SSSR count). The molecule has 1 saturated heterocycles. The van der Waals surface area contributed by atoms with Gasteiger partial charge in [0.2, 0.25) is 0 Å². The standard InChI is InChI=1S/C15H22Br2N2/c1-4-12-9-19(15(8-18-12)10(2)3)14-7-11(16)5-6-13(14)17/h5-7,10,12,15,18H,4,8-9H2,1-3H3. The van der Waals surface area contributed by atoms with Crippen LogP contribution in [0.2, 0.25) is 0 Å². The highest BCUT2D eigenvalue weighted by Gasteiger charge is 2.30. The van der Waals surface area contributed by atoms with Gasteiger partial charge in [0.15, 0.2) is 0 Å². The molecule has 106 valence electrons. The second-order valence-electron chi connectivity index (χ2n) is 5.57. The first-order valence-corrected chi connectivity index (χ1v) is 8.56. The fraction of sp³-hybridized carbons (Fsp3) is 0.600. The third-order valence-electron chi connectivity index (χ3n) is 3.91. The number of nitrogens with one attached hydrogen (secondary N) is 1. The van der Waals surface area contributed by atoms with Crippen LogP contribution in [0.15, 0.2) is 27.1 Å². The van der Waals surface area contributed by atoms with E-state index in [1.807, 2.05) is 0 Å². The van der Waals surface area contributed by atoms with Crippen molar-refractivity contribution in [2.24, 2.45) is 5.92 Å². The van der Waals surface area contributed by atoms with Crippen LogP contribution in [-0.4, -0.2) is 25.2 Å². The minimum absolute atomic E-state index is 0.549. The zero-order chi connectivity index (χ0) is 14.0. The van der Waals surface area contributed by atoms with E-state index in [2.05, 4.69) is 81.0 Å². The summed E-state index contributed by atoms with van der Waals surface area (Å²) in [5, 5.41) is 3.67. The van der Waals surface area contributed by atoms with Gasteiger partial charge in [-0.05, 0) is 46.5 Å². The van der Waals surface area contributed by atoms with Gasteiger partial charge in [-0.2, -0.15) is 0 Å². The summed E-state index contributed by atoms with van der Waals surface area (Å²) in [5.74, 6) is 0.635. The first-order chi connectivity index (χ1) is 9.02. The zero-order valence-electron chi connectivity index (χ0n) is 11.8. The molecule has 1 N–H and O–H groups in total. The number of anilines is 1. The van der Waals surface area contributed by atoms with Gasteiger partial charge in [0.1, 0.15) is 0 Å². The lowest BCUT2D eigenvalue weighted by Gasteiger charge is -2.44. The van der Waals surface area contributed by atoms with Gasteiger partial charge in [-0.25, -0.2) is 0 Å². The number of halogens is 2. The Balaban J connectivity index is 2.33. The molecule has 0 spiro atoms. The fourth-order valence-corrected chi connectivity index (χ4v) is 3.51. The summed E-state index contributed by atoms with van der Waals surface area (Å²) in [6.07, 6.45) is 1.17. The fourth-order valence-electron chi connectivity index (χ4n) is 2.69. The predicted molar refractivity (Wildman–Crippen MR) is 89.9 cm³/mol. The van der Waals surface area contributed by atoms with Crippen molar-refractivity contribution in [3.63, 3.8) is 0 Å². The van der Waals surface area contributed by atoms with Crippen molar-refractivity contribution in [3.8, 4) is 0 Å². The highest BCUT2D eigenvalue weighted by molar-refractivity contribution is 9.11. The van der Waals surface area contributed by atoms with Crippen LogP contribution in [0.3, 0.4) is 0 Å². The van der Waals surface area contributed by atoms with Gasteiger partial charge in [-0.1, -0.05) is 36.7 Å². The molecule has 1 aromatic rings. The third kappa shape index (κ3) is 3.53. The van der Waals surface area contributed by atoms with Crippen molar-refractivity contribution >= 4 is 37.5 Å². The molecule has 1 aromatic carbocycles. The summed E-state index contributed by atoms with van der Waals surface area (Å²) < 4.78 is 2.32. The van der Waals surface area contributed by atoms with Gasteiger partial charge >= 0.3 is 0 Å².